The number of hydrogen-bond acceptors (Lipinski definition) is 6. The smallest absolute Gasteiger partial charge is 0.396 e. The van der Waals surface area contributed by atoms with Gasteiger partial charge in [-0.3, -0.25) is 9.78 Å². The van der Waals surface area contributed by atoms with Gasteiger partial charge in [0.1, 0.15) is 11.4 Å². The van der Waals surface area contributed by atoms with Crippen LogP contribution in [0.2, 0.25) is 0 Å². The van der Waals surface area contributed by atoms with Crippen molar-refractivity contribution >= 4 is 17.5 Å². The van der Waals surface area contributed by atoms with Crippen LogP contribution in [-0.2, 0) is 6.18 Å². The van der Waals surface area contributed by atoms with Crippen LogP contribution in [0.1, 0.15) is 28.2 Å². The summed E-state index contributed by atoms with van der Waals surface area (Å²) in [5, 5.41) is 12.1. The first-order valence-corrected chi connectivity index (χ1v) is 10.4. The summed E-state index contributed by atoms with van der Waals surface area (Å²) in [6.45, 7) is 3.03. The molecule has 4 rings (SSSR count). The number of aliphatic hydroxyl groups excluding tert-OH is 1. The van der Waals surface area contributed by atoms with Crippen molar-refractivity contribution in [2.75, 3.05) is 25.0 Å². The van der Waals surface area contributed by atoms with Crippen molar-refractivity contribution in [2.45, 2.75) is 19.5 Å². The van der Waals surface area contributed by atoms with E-state index < -0.39 is 11.9 Å². The van der Waals surface area contributed by atoms with Crippen LogP contribution < -0.4 is 5.32 Å². The average Bonchev–Trinajstić information content (AvgIpc) is 3.27. The molecule has 10 heteroatoms. The van der Waals surface area contributed by atoms with E-state index in [1.54, 1.807) is 35.4 Å². The number of benzene rings is 1. The molecule has 2 N–H and O–H groups in total. The van der Waals surface area contributed by atoms with E-state index in [2.05, 4.69) is 20.3 Å². The maximum absolute atomic E-state index is 12.9. The predicted molar refractivity (Wildman–Crippen MR) is 116 cm³/mol. The van der Waals surface area contributed by atoms with E-state index in [0.29, 0.717) is 24.5 Å². The zero-order chi connectivity index (χ0) is 23.6. The second-order valence-corrected chi connectivity index (χ2v) is 8.00. The average molecular weight is 457 g/mol. The van der Waals surface area contributed by atoms with Crippen LogP contribution in [0.15, 0.2) is 48.8 Å². The Balaban J connectivity index is 1.53. The first-order chi connectivity index (χ1) is 15.7. The molecule has 33 heavy (non-hydrogen) atoms. The van der Waals surface area contributed by atoms with Crippen molar-refractivity contribution in [1.82, 2.24) is 19.9 Å². The van der Waals surface area contributed by atoms with Gasteiger partial charge in [0.05, 0.1) is 0 Å². The molecule has 0 unspecified atom stereocenters. The van der Waals surface area contributed by atoms with Gasteiger partial charge in [0.25, 0.3) is 5.91 Å². The molecule has 0 spiro atoms. The van der Waals surface area contributed by atoms with Gasteiger partial charge in [-0.05, 0) is 48.7 Å². The van der Waals surface area contributed by atoms with Crippen LogP contribution in [0, 0.1) is 12.8 Å². The van der Waals surface area contributed by atoms with Gasteiger partial charge in [-0.15, -0.1) is 0 Å². The summed E-state index contributed by atoms with van der Waals surface area (Å²) >= 11 is 0. The third kappa shape index (κ3) is 5.28. The summed E-state index contributed by atoms with van der Waals surface area (Å²) in [6, 6.07) is 9.66. The minimum Gasteiger partial charge on any atom is -0.396 e. The molecule has 2 aromatic heterocycles. The molecule has 3 aromatic rings. The molecule has 1 atom stereocenters. The minimum atomic E-state index is -4.56. The Labute approximate surface area is 188 Å². The number of carbonyl (C=O) groups excluding carboxylic acids is 1. The molecule has 0 saturated carbocycles. The lowest BCUT2D eigenvalue weighted by Gasteiger charge is -2.16. The molecule has 1 aliphatic rings. The lowest BCUT2D eigenvalue weighted by molar-refractivity contribution is -0.141. The van der Waals surface area contributed by atoms with Gasteiger partial charge in [-0.25, -0.2) is 9.97 Å². The molecule has 172 valence electrons. The van der Waals surface area contributed by atoms with Crippen molar-refractivity contribution < 1.29 is 23.1 Å². The fraction of sp³-hybridized carbons (Fsp3) is 0.304. The number of aromatic nitrogens is 3. The molecule has 1 aliphatic heterocycles. The van der Waals surface area contributed by atoms with E-state index in [9.17, 15) is 23.1 Å². The Bertz CT molecular complexity index is 1150. The Morgan fingerprint density at radius 1 is 1.18 bits per heavy atom. The molecule has 0 aliphatic carbocycles. The largest absolute Gasteiger partial charge is 0.433 e. The van der Waals surface area contributed by atoms with Crippen LogP contribution >= 0.6 is 0 Å². The lowest BCUT2D eigenvalue weighted by atomic mass is 10.0. The lowest BCUT2D eigenvalue weighted by Crippen LogP contribution is -2.29. The third-order valence-electron chi connectivity index (χ3n) is 5.43. The number of anilines is 2. The number of pyridine rings is 1. The minimum absolute atomic E-state index is 0.0609. The Morgan fingerprint density at radius 2 is 2.00 bits per heavy atom. The molecule has 1 saturated heterocycles. The highest BCUT2D eigenvalue weighted by Gasteiger charge is 2.32. The van der Waals surface area contributed by atoms with Crippen LogP contribution in [0.25, 0.3) is 11.1 Å². The number of aliphatic hydroxyl groups is 1. The van der Waals surface area contributed by atoms with E-state index >= 15 is 0 Å². The quantitative estimate of drug-likeness (QED) is 0.601. The summed E-state index contributed by atoms with van der Waals surface area (Å²) in [7, 11) is 0. The molecule has 3 heterocycles. The van der Waals surface area contributed by atoms with Gasteiger partial charge in [0, 0.05) is 49.3 Å². The van der Waals surface area contributed by atoms with Crippen molar-refractivity contribution in [1.29, 1.82) is 0 Å². The highest BCUT2D eigenvalue weighted by atomic mass is 19.4. The topological polar surface area (TPSA) is 91.2 Å². The molecule has 0 bridgehead atoms. The number of likely N-dealkylation sites (tertiary alicyclic amines) is 1. The zero-order valence-corrected chi connectivity index (χ0v) is 17.8. The maximum atomic E-state index is 12.9. The van der Waals surface area contributed by atoms with E-state index in [-0.39, 0.29) is 24.4 Å². The Hall–Kier alpha value is -3.53. The summed E-state index contributed by atoms with van der Waals surface area (Å²) in [4.78, 5) is 26.0. The van der Waals surface area contributed by atoms with Crippen molar-refractivity contribution in [3.63, 3.8) is 0 Å². The van der Waals surface area contributed by atoms with E-state index in [1.807, 2.05) is 13.0 Å². The predicted octanol–water partition coefficient (Wildman–Crippen LogP) is 4.06. The normalized spacial score (nSPS) is 16.2. The van der Waals surface area contributed by atoms with E-state index in [1.165, 1.54) is 0 Å². The highest BCUT2D eigenvalue weighted by Crippen LogP contribution is 2.29. The Morgan fingerprint density at radius 3 is 2.67 bits per heavy atom. The van der Waals surface area contributed by atoms with Gasteiger partial charge in [0.2, 0.25) is 5.95 Å². The molecule has 1 aromatic carbocycles. The summed E-state index contributed by atoms with van der Waals surface area (Å²) in [6.07, 6.45) is -1.14. The monoisotopic (exact) mass is 457 g/mol. The summed E-state index contributed by atoms with van der Waals surface area (Å²) in [5.41, 5.74) is 2.21. The maximum Gasteiger partial charge on any atom is 0.433 e. The molecule has 1 amide bonds. The number of halogens is 3. The van der Waals surface area contributed by atoms with Gasteiger partial charge < -0.3 is 15.3 Å². The number of hydrogen-bond donors (Lipinski definition) is 2. The van der Waals surface area contributed by atoms with Gasteiger partial charge in [0.15, 0.2) is 0 Å². The Kier molecular flexibility index (Phi) is 6.28. The number of carbonyl (C=O) groups is 1. The number of amides is 1. The second kappa shape index (κ2) is 9.14. The first-order valence-electron chi connectivity index (χ1n) is 10.4. The molecule has 0 radical (unpaired) electrons. The summed E-state index contributed by atoms with van der Waals surface area (Å²) < 4.78 is 38.8. The standard InChI is InChI=1S/C23H22F3N5O2/c1-14-8-17(10-18(9-14)29-22-27-6-4-20(30-22)23(24,25)26)16-2-3-19(28-11-16)21(33)31-7-5-15(12-31)13-32/h2-4,6,8-11,15,32H,5,7,12-13H2,1H3,(H,27,29,30)/t15-/m0/s1. The first kappa shape index (κ1) is 22.7. The van der Waals surface area contributed by atoms with Crippen LogP contribution in [0.5, 0.6) is 0 Å². The van der Waals surface area contributed by atoms with Crippen LogP contribution in [-0.4, -0.2) is 50.6 Å². The summed E-state index contributed by atoms with van der Waals surface area (Å²) in [5.74, 6) is -0.231. The second-order valence-electron chi connectivity index (χ2n) is 8.00. The number of rotatable bonds is 5. The molecule has 7 nitrogen and oxygen atoms in total. The number of nitrogens with zero attached hydrogens (tertiary/aromatic N) is 4. The van der Waals surface area contributed by atoms with Gasteiger partial charge >= 0.3 is 6.18 Å². The number of nitrogens with one attached hydrogen (secondary N) is 1. The van der Waals surface area contributed by atoms with Gasteiger partial charge in [-0.1, -0.05) is 12.1 Å². The van der Waals surface area contributed by atoms with Crippen LogP contribution in [0.4, 0.5) is 24.8 Å². The van der Waals surface area contributed by atoms with E-state index in [0.717, 1.165) is 35.4 Å². The SMILES string of the molecule is Cc1cc(Nc2nccc(C(F)(F)F)n2)cc(-c2ccc(C(=O)N3CC[C@H](CO)C3)nc2)c1. The van der Waals surface area contributed by atoms with Gasteiger partial charge in [-0.2, -0.15) is 13.2 Å². The molecule has 1 fully saturated rings. The third-order valence-corrected chi connectivity index (χ3v) is 5.43. The van der Waals surface area contributed by atoms with Crippen molar-refractivity contribution in [3.8, 4) is 11.1 Å². The molecular weight excluding hydrogens is 435 g/mol. The van der Waals surface area contributed by atoms with Crippen molar-refractivity contribution in [2.24, 2.45) is 5.92 Å². The fourth-order valence-electron chi connectivity index (χ4n) is 3.75. The van der Waals surface area contributed by atoms with Crippen molar-refractivity contribution in [3.05, 3.63) is 65.7 Å². The zero-order valence-electron chi connectivity index (χ0n) is 17.8. The fourth-order valence-corrected chi connectivity index (χ4v) is 3.75. The highest BCUT2D eigenvalue weighted by molar-refractivity contribution is 5.92. The van der Waals surface area contributed by atoms with E-state index in [4.69, 9.17) is 0 Å². The molecular formula is C23H22F3N5O2. The number of alkyl halides is 3. The van der Waals surface area contributed by atoms with Crippen LogP contribution in [0.3, 0.4) is 0 Å². The number of aryl methyl sites for hydroxylation is 1.